The first kappa shape index (κ1) is 51.5. The fourth-order valence-corrected chi connectivity index (χ4v) is 12.4. The lowest BCUT2D eigenvalue weighted by Gasteiger charge is -2.32. The Morgan fingerprint density at radius 2 is 1.04 bits per heavy atom. The minimum absolute atomic E-state index is 0.364. The highest BCUT2D eigenvalue weighted by atomic mass is 33.1. The molecule has 1 atom stereocenters. The summed E-state index contributed by atoms with van der Waals surface area (Å²) in [5.41, 5.74) is 0. The Labute approximate surface area is 348 Å². The number of piperidine rings is 1. The molecule has 0 bridgehead atoms. The zero-order chi connectivity index (χ0) is 38.5. The van der Waals surface area contributed by atoms with Crippen molar-refractivity contribution in [2.45, 2.75) is 207 Å². The van der Waals surface area contributed by atoms with Crippen molar-refractivity contribution < 1.29 is 9.47 Å². The minimum Gasteiger partial charge on any atom is -0.499 e. The van der Waals surface area contributed by atoms with Gasteiger partial charge < -0.3 is 14.4 Å². The van der Waals surface area contributed by atoms with Gasteiger partial charge in [0.2, 0.25) is 0 Å². The summed E-state index contributed by atoms with van der Waals surface area (Å²) in [7, 11) is 10.6. The first-order valence-corrected chi connectivity index (χ1v) is 27.8. The molecule has 0 radical (unpaired) electrons. The van der Waals surface area contributed by atoms with E-state index in [1.54, 1.807) is 0 Å². The van der Waals surface area contributed by atoms with E-state index in [9.17, 15) is 0 Å². The first-order valence-electron chi connectivity index (χ1n) is 22.8. The molecule has 7 heteroatoms. The van der Waals surface area contributed by atoms with E-state index in [1.807, 2.05) is 0 Å². The molecule has 0 aromatic heterocycles. The largest absolute Gasteiger partial charge is 0.499 e. The summed E-state index contributed by atoms with van der Waals surface area (Å²) >= 11 is 0. The Kier molecular flexibility index (Phi) is 38.1. The quantitative estimate of drug-likeness (QED) is 0.0344. The molecule has 0 saturated carbocycles. The van der Waals surface area contributed by atoms with Crippen LogP contribution in [0.2, 0.25) is 0 Å². The van der Waals surface area contributed by atoms with Crippen LogP contribution in [-0.4, -0.2) is 60.8 Å². The van der Waals surface area contributed by atoms with E-state index in [4.69, 9.17) is 9.47 Å². The van der Waals surface area contributed by atoms with Gasteiger partial charge in [-0.2, -0.15) is 0 Å². The molecule has 314 valence electrons. The van der Waals surface area contributed by atoms with Crippen LogP contribution in [0.4, 0.5) is 0 Å². The van der Waals surface area contributed by atoms with Crippen molar-refractivity contribution in [3.05, 3.63) is 24.7 Å². The van der Waals surface area contributed by atoms with Crippen LogP contribution >= 0.6 is 43.2 Å². The van der Waals surface area contributed by atoms with Gasteiger partial charge in [-0.1, -0.05) is 186 Å². The molecule has 1 aliphatic heterocycles. The second kappa shape index (κ2) is 39.3. The minimum atomic E-state index is 0.364. The van der Waals surface area contributed by atoms with Gasteiger partial charge in [0.05, 0.1) is 24.2 Å². The van der Waals surface area contributed by atoms with Gasteiger partial charge in [0.1, 0.15) is 0 Å². The summed E-state index contributed by atoms with van der Waals surface area (Å²) in [6, 6.07) is 0. The summed E-state index contributed by atoms with van der Waals surface area (Å²) < 4.78 is 12.8. The summed E-state index contributed by atoms with van der Waals surface area (Å²) in [6.45, 7) is 18.8. The molecule has 0 aliphatic carbocycles. The number of hydrogen-bond acceptors (Lipinski definition) is 7. The smallest absolute Gasteiger partial charge is 0.0982 e. The standard InChI is InChI=1S/C46H89NO2S4/c1-7-10-13-16-17-18-22-25-30-46(49-43(5)45-32-35-47(6)36-33-45)31-26-23-20-19-21-24-29-42(4)48-37-34-44(40-52-50-38-27-14-11-8-2)41-53-51-39-28-15-12-9-3/h44-46H,4-5,7-41H2,1-3,6H3. The van der Waals surface area contributed by atoms with Crippen LogP contribution in [0.1, 0.15) is 201 Å². The predicted molar refractivity (Wildman–Crippen MR) is 250 cm³/mol. The summed E-state index contributed by atoms with van der Waals surface area (Å²) in [5.74, 6) is 8.45. The van der Waals surface area contributed by atoms with Crippen molar-refractivity contribution in [3.8, 4) is 0 Å². The predicted octanol–water partition coefficient (Wildman–Crippen LogP) is 16.3. The molecule has 0 aromatic carbocycles. The van der Waals surface area contributed by atoms with Crippen LogP contribution in [0.3, 0.4) is 0 Å². The van der Waals surface area contributed by atoms with Crippen molar-refractivity contribution in [2.24, 2.45) is 11.8 Å². The Morgan fingerprint density at radius 1 is 0.585 bits per heavy atom. The van der Waals surface area contributed by atoms with Crippen LogP contribution in [-0.2, 0) is 9.47 Å². The number of rotatable bonds is 41. The SMILES string of the molecule is C=C(CCCCCCCCC(CCCCCCCCCC)OC(=C)C1CCN(C)CC1)OCCC(CSSCCCCCC)CSSCCCCCC. The van der Waals surface area contributed by atoms with E-state index in [0.717, 1.165) is 36.9 Å². The molecule has 1 aliphatic rings. The second-order valence-electron chi connectivity index (χ2n) is 16.1. The maximum atomic E-state index is 6.64. The molecule has 1 fully saturated rings. The summed E-state index contributed by atoms with van der Waals surface area (Å²) in [6.07, 6.45) is 37.0. The zero-order valence-corrected chi connectivity index (χ0v) is 39.1. The first-order chi connectivity index (χ1) is 26.0. The van der Waals surface area contributed by atoms with Crippen LogP contribution in [0, 0.1) is 11.8 Å². The van der Waals surface area contributed by atoms with Crippen molar-refractivity contribution in [1.82, 2.24) is 4.90 Å². The highest BCUT2D eigenvalue weighted by Gasteiger charge is 2.22. The number of ether oxygens (including phenoxy) is 2. The number of likely N-dealkylation sites (tertiary alicyclic amines) is 1. The topological polar surface area (TPSA) is 21.7 Å². The van der Waals surface area contributed by atoms with Crippen LogP contribution in [0.15, 0.2) is 24.7 Å². The van der Waals surface area contributed by atoms with Crippen molar-refractivity contribution in [2.75, 3.05) is 49.8 Å². The monoisotopic (exact) mass is 816 g/mol. The van der Waals surface area contributed by atoms with E-state index < -0.39 is 0 Å². The van der Waals surface area contributed by atoms with Crippen molar-refractivity contribution in [3.63, 3.8) is 0 Å². The number of unbranched alkanes of at least 4 members (excludes halogenated alkanes) is 18. The number of nitrogens with zero attached hydrogens (tertiary/aromatic N) is 1. The third kappa shape index (κ3) is 33.2. The highest BCUT2D eigenvalue weighted by Crippen LogP contribution is 2.32. The Hall–Kier alpha value is 0.440. The molecular weight excluding hydrogens is 727 g/mol. The van der Waals surface area contributed by atoms with Gasteiger partial charge in [-0.25, -0.2) is 0 Å². The van der Waals surface area contributed by atoms with E-state index in [0.29, 0.717) is 12.0 Å². The lowest BCUT2D eigenvalue weighted by molar-refractivity contribution is 0.0628. The maximum Gasteiger partial charge on any atom is 0.0982 e. The lowest BCUT2D eigenvalue weighted by Crippen LogP contribution is -2.31. The normalized spacial score (nSPS) is 14.6. The van der Waals surface area contributed by atoms with Gasteiger partial charge in [-0.3, -0.25) is 0 Å². The molecule has 0 N–H and O–H groups in total. The van der Waals surface area contributed by atoms with Gasteiger partial charge in [0.15, 0.2) is 0 Å². The molecule has 0 amide bonds. The molecule has 1 saturated heterocycles. The van der Waals surface area contributed by atoms with E-state index in [1.165, 1.54) is 203 Å². The van der Waals surface area contributed by atoms with Crippen LogP contribution in [0.25, 0.3) is 0 Å². The molecule has 0 spiro atoms. The average Bonchev–Trinajstić information content (AvgIpc) is 3.15. The molecule has 1 rings (SSSR count). The van der Waals surface area contributed by atoms with Gasteiger partial charge in [-0.15, -0.1) is 0 Å². The Bertz CT molecular complexity index is 788. The Balaban J connectivity index is 2.25. The summed E-state index contributed by atoms with van der Waals surface area (Å²) in [4.78, 5) is 2.44. The van der Waals surface area contributed by atoms with Crippen molar-refractivity contribution >= 4 is 43.2 Å². The third-order valence-electron chi connectivity index (χ3n) is 10.9. The van der Waals surface area contributed by atoms with Gasteiger partial charge in [-0.05, 0) is 90.3 Å². The highest BCUT2D eigenvalue weighted by molar-refractivity contribution is 8.77. The van der Waals surface area contributed by atoms with E-state index >= 15 is 0 Å². The average molecular weight is 816 g/mol. The van der Waals surface area contributed by atoms with Gasteiger partial charge >= 0.3 is 0 Å². The molecule has 0 aromatic rings. The van der Waals surface area contributed by atoms with Crippen LogP contribution in [0.5, 0.6) is 0 Å². The Morgan fingerprint density at radius 3 is 1.55 bits per heavy atom. The second-order valence-corrected chi connectivity index (χ2v) is 21.3. The van der Waals surface area contributed by atoms with Crippen molar-refractivity contribution in [1.29, 1.82) is 0 Å². The molecule has 1 heterocycles. The molecule has 3 nitrogen and oxygen atoms in total. The van der Waals surface area contributed by atoms with E-state index in [2.05, 4.69) is 89.1 Å². The molecule has 1 unspecified atom stereocenters. The van der Waals surface area contributed by atoms with E-state index in [-0.39, 0.29) is 0 Å². The lowest BCUT2D eigenvalue weighted by atomic mass is 9.95. The third-order valence-corrected chi connectivity index (χ3v) is 16.1. The molecular formula is C46H89NO2S4. The van der Waals surface area contributed by atoms with Gasteiger partial charge in [0.25, 0.3) is 0 Å². The number of hydrogen-bond donors (Lipinski definition) is 0. The fourth-order valence-electron chi connectivity index (χ4n) is 7.05. The summed E-state index contributed by atoms with van der Waals surface area (Å²) in [5, 5.41) is 0. The fraction of sp³-hybridized carbons (Fsp3) is 0.913. The molecule has 53 heavy (non-hydrogen) atoms. The number of allylic oxidation sites excluding steroid dienone is 2. The van der Waals surface area contributed by atoms with Gasteiger partial charge in [0, 0.05) is 35.4 Å². The maximum absolute atomic E-state index is 6.64. The van der Waals surface area contributed by atoms with Crippen LogP contribution < -0.4 is 0 Å². The zero-order valence-electron chi connectivity index (χ0n) is 35.8.